The van der Waals surface area contributed by atoms with Gasteiger partial charge in [-0.05, 0) is 25.1 Å². The van der Waals surface area contributed by atoms with Crippen molar-refractivity contribution in [2.75, 3.05) is 6.61 Å². The highest BCUT2D eigenvalue weighted by atomic mass is 19.1. The molecule has 0 unspecified atom stereocenters. The summed E-state index contributed by atoms with van der Waals surface area (Å²) < 4.78 is 17.8. The number of carbonyl (C=O) groups excluding carboxylic acids is 1. The maximum absolute atomic E-state index is 13.3. The Balaban J connectivity index is 2.90. The van der Waals surface area contributed by atoms with E-state index >= 15 is 0 Å². The van der Waals surface area contributed by atoms with Crippen LogP contribution in [0, 0.1) is 29.0 Å². The van der Waals surface area contributed by atoms with Crippen molar-refractivity contribution < 1.29 is 13.9 Å². The summed E-state index contributed by atoms with van der Waals surface area (Å²) in [5.41, 5.74) is 0.270. The van der Waals surface area contributed by atoms with Crippen molar-refractivity contribution in [1.82, 2.24) is 0 Å². The van der Waals surface area contributed by atoms with Crippen LogP contribution in [0.2, 0.25) is 0 Å². The van der Waals surface area contributed by atoms with E-state index in [-0.39, 0.29) is 17.7 Å². The van der Waals surface area contributed by atoms with Crippen molar-refractivity contribution in [2.24, 2.45) is 0 Å². The lowest BCUT2D eigenvalue weighted by molar-refractivity contribution is -0.136. The number of hydrogen-bond donors (Lipinski definition) is 0. The summed E-state index contributed by atoms with van der Waals surface area (Å²) in [6, 6.07) is 5.64. The smallest absolute Gasteiger partial charge is 0.384 e. The van der Waals surface area contributed by atoms with Crippen LogP contribution in [0.25, 0.3) is 0 Å². The second-order valence-electron chi connectivity index (χ2n) is 2.78. The fourth-order valence-corrected chi connectivity index (χ4v) is 0.972. The van der Waals surface area contributed by atoms with Crippen molar-refractivity contribution in [3.05, 3.63) is 35.1 Å². The summed E-state index contributed by atoms with van der Waals surface area (Å²) in [5, 5.41) is 8.51. The normalized spacial score (nSPS) is 8.56. The Hall–Kier alpha value is -2.33. The third kappa shape index (κ3) is 3.11. The highest BCUT2D eigenvalue weighted by Crippen LogP contribution is 2.08. The van der Waals surface area contributed by atoms with E-state index < -0.39 is 11.8 Å². The number of esters is 1. The molecule has 0 saturated heterocycles. The predicted octanol–water partition coefficient (Wildman–Crippen LogP) is 1.61. The maximum Gasteiger partial charge on any atom is 0.384 e. The first-order chi connectivity index (χ1) is 7.67. The third-order valence-corrected chi connectivity index (χ3v) is 1.67. The van der Waals surface area contributed by atoms with Crippen molar-refractivity contribution in [3.63, 3.8) is 0 Å². The van der Waals surface area contributed by atoms with Gasteiger partial charge in [0.05, 0.1) is 23.8 Å². The van der Waals surface area contributed by atoms with E-state index in [2.05, 4.69) is 16.6 Å². The van der Waals surface area contributed by atoms with Gasteiger partial charge in [-0.2, -0.15) is 5.26 Å². The van der Waals surface area contributed by atoms with Crippen molar-refractivity contribution >= 4 is 5.97 Å². The largest absolute Gasteiger partial charge is 0.456 e. The predicted molar refractivity (Wildman–Crippen MR) is 54.6 cm³/mol. The molecule has 0 radical (unpaired) electrons. The Labute approximate surface area is 92.5 Å². The van der Waals surface area contributed by atoms with Crippen LogP contribution < -0.4 is 0 Å². The van der Waals surface area contributed by atoms with E-state index in [4.69, 9.17) is 5.26 Å². The Morgan fingerprint density at radius 3 is 2.88 bits per heavy atom. The van der Waals surface area contributed by atoms with Crippen molar-refractivity contribution in [1.29, 1.82) is 5.26 Å². The van der Waals surface area contributed by atoms with Gasteiger partial charge >= 0.3 is 5.97 Å². The Bertz CT molecular complexity index is 506. The molecule has 0 aromatic heterocycles. The lowest BCUT2D eigenvalue weighted by Crippen LogP contribution is -1.99. The van der Waals surface area contributed by atoms with E-state index in [9.17, 15) is 9.18 Å². The molecular weight excluding hydrogens is 209 g/mol. The first-order valence-corrected chi connectivity index (χ1v) is 4.55. The van der Waals surface area contributed by atoms with Crippen LogP contribution in [-0.4, -0.2) is 12.6 Å². The minimum Gasteiger partial charge on any atom is -0.456 e. The summed E-state index contributed by atoms with van der Waals surface area (Å²) in [5.74, 6) is 3.15. The van der Waals surface area contributed by atoms with Crippen LogP contribution in [0.3, 0.4) is 0 Å². The fraction of sp³-hybridized carbons (Fsp3) is 0.167. The number of ether oxygens (including phenoxy) is 1. The number of rotatable bonds is 1. The fourth-order valence-electron chi connectivity index (χ4n) is 0.972. The number of hydrogen-bond acceptors (Lipinski definition) is 3. The number of benzene rings is 1. The molecule has 0 aliphatic carbocycles. The molecule has 0 saturated carbocycles. The molecule has 3 nitrogen and oxygen atoms in total. The maximum atomic E-state index is 13.3. The van der Waals surface area contributed by atoms with Crippen LogP contribution in [0.15, 0.2) is 18.2 Å². The molecule has 0 N–H and O–H groups in total. The van der Waals surface area contributed by atoms with Gasteiger partial charge in [-0.3, -0.25) is 0 Å². The number of halogens is 1. The summed E-state index contributed by atoms with van der Waals surface area (Å²) >= 11 is 0. The van der Waals surface area contributed by atoms with E-state index in [0.29, 0.717) is 0 Å². The quantitative estimate of drug-likeness (QED) is 0.530. The molecule has 1 aromatic rings. The van der Waals surface area contributed by atoms with Gasteiger partial charge < -0.3 is 4.74 Å². The van der Waals surface area contributed by atoms with Crippen LogP contribution in [0.5, 0.6) is 0 Å². The average molecular weight is 217 g/mol. The summed E-state index contributed by atoms with van der Waals surface area (Å²) in [6.07, 6.45) is 0. The van der Waals surface area contributed by atoms with Gasteiger partial charge in [-0.15, -0.1) is 0 Å². The van der Waals surface area contributed by atoms with Crippen molar-refractivity contribution in [2.45, 2.75) is 6.92 Å². The van der Waals surface area contributed by atoms with E-state index in [1.807, 2.05) is 0 Å². The second kappa shape index (κ2) is 5.53. The molecule has 0 aliphatic rings. The molecule has 0 fully saturated rings. The SMILES string of the molecule is CCOC(=O)C#Cc1ccc(C#N)cc1F. The van der Waals surface area contributed by atoms with Gasteiger partial charge in [0.25, 0.3) is 0 Å². The molecule has 4 heteroatoms. The van der Waals surface area contributed by atoms with Gasteiger partial charge in [0, 0.05) is 5.92 Å². The Morgan fingerprint density at radius 2 is 2.31 bits per heavy atom. The monoisotopic (exact) mass is 217 g/mol. The number of nitrogens with zero attached hydrogens (tertiary/aromatic N) is 1. The third-order valence-electron chi connectivity index (χ3n) is 1.67. The van der Waals surface area contributed by atoms with E-state index in [1.165, 1.54) is 12.1 Å². The first kappa shape index (κ1) is 11.7. The zero-order valence-corrected chi connectivity index (χ0v) is 8.58. The molecule has 1 rings (SSSR count). The number of nitriles is 1. The molecule has 0 aliphatic heterocycles. The number of carbonyl (C=O) groups is 1. The highest BCUT2D eigenvalue weighted by Gasteiger charge is 2.01. The molecular formula is C12H8FNO2. The molecule has 0 spiro atoms. The molecule has 80 valence electrons. The summed E-state index contributed by atoms with van der Waals surface area (Å²) in [6.45, 7) is 1.88. The molecule has 0 atom stereocenters. The van der Waals surface area contributed by atoms with E-state index in [0.717, 1.165) is 6.07 Å². The average Bonchev–Trinajstić information content (AvgIpc) is 2.27. The minimum absolute atomic E-state index is 0.0621. The Kier molecular flexibility index (Phi) is 4.06. The van der Waals surface area contributed by atoms with Gasteiger partial charge in [0.1, 0.15) is 5.82 Å². The van der Waals surface area contributed by atoms with Crippen molar-refractivity contribution in [3.8, 4) is 17.9 Å². The van der Waals surface area contributed by atoms with Gasteiger partial charge in [0.15, 0.2) is 0 Å². The van der Waals surface area contributed by atoms with Gasteiger partial charge in [0.2, 0.25) is 0 Å². The molecule has 0 bridgehead atoms. The van der Waals surface area contributed by atoms with Crippen LogP contribution in [-0.2, 0) is 9.53 Å². The highest BCUT2D eigenvalue weighted by molar-refractivity contribution is 5.89. The molecule has 1 aromatic carbocycles. The zero-order chi connectivity index (χ0) is 12.0. The van der Waals surface area contributed by atoms with Crippen LogP contribution in [0.4, 0.5) is 4.39 Å². The lowest BCUT2D eigenvalue weighted by Gasteiger charge is -1.94. The first-order valence-electron chi connectivity index (χ1n) is 4.55. The zero-order valence-electron chi connectivity index (χ0n) is 8.58. The minimum atomic E-state index is -0.703. The topological polar surface area (TPSA) is 50.1 Å². The standard InChI is InChI=1S/C12H8FNO2/c1-2-16-12(15)6-5-10-4-3-9(8-14)7-11(10)13/h3-4,7H,2H2,1H3. The van der Waals surface area contributed by atoms with Crippen LogP contribution in [0.1, 0.15) is 18.1 Å². The molecule has 16 heavy (non-hydrogen) atoms. The lowest BCUT2D eigenvalue weighted by atomic mass is 10.1. The summed E-state index contributed by atoms with van der Waals surface area (Å²) in [4.78, 5) is 10.9. The Morgan fingerprint density at radius 1 is 1.56 bits per heavy atom. The molecule has 0 amide bonds. The van der Waals surface area contributed by atoms with Gasteiger partial charge in [-0.1, -0.05) is 5.92 Å². The van der Waals surface area contributed by atoms with E-state index in [1.54, 1.807) is 13.0 Å². The second-order valence-corrected chi connectivity index (χ2v) is 2.78. The van der Waals surface area contributed by atoms with Gasteiger partial charge in [-0.25, -0.2) is 9.18 Å². The summed E-state index contributed by atoms with van der Waals surface area (Å²) in [7, 11) is 0. The molecule has 0 heterocycles. The van der Waals surface area contributed by atoms with Crippen LogP contribution >= 0.6 is 0 Å².